The summed E-state index contributed by atoms with van der Waals surface area (Å²) in [4.78, 5) is 14.3. The maximum Gasteiger partial charge on any atom is 0.416 e. The van der Waals surface area contributed by atoms with E-state index in [0.29, 0.717) is 11.1 Å². The van der Waals surface area contributed by atoms with Crippen molar-refractivity contribution in [3.8, 4) is 0 Å². The summed E-state index contributed by atoms with van der Waals surface area (Å²) in [6, 6.07) is 24.5. The quantitative estimate of drug-likeness (QED) is 0.118. The molecule has 0 aliphatic rings. The van der Waals surface area contributed by atoms with Gasteiger partial charge in [0.15, 0.2) is 3.68 Å². The summed E-state index contributed by atoms with van der Waals surface area (Å²) in [5.74, 6) is -0.348. The molecule has 0 saturated heterocycles. The number of hydrogen-bond donors (Lipinski definition) is 1. The van der Waals surface area contributed by atoms with E-state index in [4.69, 9.17) is 0 Å². The van der Waals surface area contributed by atoms with E-state index in [-0.39, 0.29) is 24.3 Å². The van der Waals surface area contributed by atoms with Crippen LogP contribution in [0.5, 0.6) is 0 Å². The first-order valence-corrected chi connectivity index (χ1v) is 13.5. The van der Waals surface area contributed by atoms with E-state index < -0.39 is 21.0 Å². The second-order valence-corrected chi connectivity index (χ2v) is 12.0. The second kappa shape index (κ2) is 10.9. The zero-order chi connectivity index (χ0) is 26.7. The molecule has 2 nitrogen and oxygen atoms in total. The lowest BCUT2D eigenvalue weighted by Gasteiger charge is -2.37. The van der Waals surface area contributed by atoms with Gasteiger partial charge in [-0.05, 0) is 81.4 Å². The van der Waals surface area contributed by atoms with Gasteiger partial charge in [-0.15, -0.1) is 11.3 Å². The zero-order valence-corrected chi connectivity index (χ0v) is 22.8. The van der Waals surface area contributed by atoms with Crippen LogP contribution in [0, 0.1) is 0 Å². The molecule has 0 saturated carbocycles. The van der Waals surface area contributed by atoms with Crippen molar-refractivity contribution >= 4 is 39.8 Å². The minimum absolute atomic E-state index is 0.0694. The third kappa shape index (κ3) is 6.59. The van der Waals surface area contributed by atoms with Crippen LogP contribution < -0.4 is 5.32 Å². The molecule has 37 heavy (non-hydrogen) atoms. The van der Waals surface area contributed by atoms with Gasteiger partial charge in [0.05, 0.1) is 17.5 Å². The molecule has 0 aliphatic heterocycles. The Morgan fingerprint density at radius 3 is 1.97 bits per heavy atom. The van der Waals surface area contributed by atoms with Gasteiger partial charge >= 0.3 is 6.18 Å². The third-order valence-corrected chi connectivity index (χ3v) is 7.62. The first kappa shape index (κ1) is 27.3. The monoisotopic (exact) mass is 637 g/mol. The van der Waals surface area contributed by atoms with Crippen LogP contribution in [0.4, 0.5) is 17.6 Å². The largest absolute Gasteiger partial charge is 0.416 e. The summed E-state index contributed by atoms with van der Waals surface area (Å²) in [6.07, 6.45) is -4.34. The predicted octanol–water partition coefficient (Wildman–Crippen LogP) is 8.19. The normalized spacial score (nSPS) is 15.0. The summed E-state index contributed by atoms with van der Waals surface area (Å²) in [6.45, 7) is 1.41. The maximum atomic E-state index is 15.0. The molecule has 2 atom stereocenters. The summed E-state index contributed by atoms with van der Waals surface area (Å²) in [5.41, 5.74) is -0.309. The minimum atomic E-state index is -4.57. The molecule has 0 spiro atoms. The highest BCUT2D eigenvalue weighted by Crippen LogP contribution is 2.40. The topological polar surface area (TPSA) is 29.1 Å². The number of carbonyl (C=O) groups is 1. The number of hydrogen-bond acceptors (Lipinski definition) is 2. The van der Waals surface area contributed by atoms with Gasteiger partial charge in [-0.2, -0.15) is 13.2 Å². The van der Waals surface area contributed by atoms with Gasteiger partial charge in [-0.1, -0.05) is 66.7 Å². The molecule has 192 valence electrons. The molecule has 0 fully saturated rings. The summed E-state index contributed by atoms with van der Waals surface area (Å²) in [7, 11) is 0. The molecule has 0 aliphatic carbocycles. The van der Waals surface area contributed by atoms with E-state index in [2.05, 4.69) is 5.32 Å². The SMILES string of the molecule is C[C@](F)(I)c1cccc(C(Cc2ccccc2)(NC(=O)Cc2cccs2)c2cccc(C(F)(F)F)c2)c1. The lowest BCUT2D eigenvalue weighted by atomic mass is 9.76. The molecule has 1 unspecified atom stereocenters. The Hall–Kier alpha value is -2.72. The smallest absolute Gasteiger partial charge is 0.342 e. The van der Waals surface area contributed by atoms with Gasteiger partial charge in [0.1, 0.15) is 0 Å². The van der Waals surface area contributed by atoms with Crippen molar-refractivity contribution < 1.29 is 22.4 Å². The highest BCUT2D eigenvalue weighted by atomic mass is 127. The molecule has 1 heterocycles. The van der Waals surface area contributed by atoms with Gasteiger partial charge < -0.3 is 5.32 Å². The maximum absolute atomic E-state index is 15.0. The fourth-order valence-electron chi connectivity index (χ4n) is 4.33. The van der Waals surface area contributed by atoms with Crippen LogP contribution in [0.1, 0.15) is 39.6 Å². The van der Waals surface area contributed by atoms with E-state index in [1.165, 1.54) is 24.3 Å². The first-order chi connectivity index (χ1) is 17.5. The number of nitrogens with one attached hydrogen (secondary N) is 1. The minimum Gasteiger partial charge on any atom is -0.342 e. The van der Waals surface area contributed by atoms with Crippen LogP contribution in [0.3, 0.4) is 0 Å². The van der Waals surface area contributed by atoms with Gasteiger partial charge in [0, 0.05) is 11.3 Å². The van der Waals surface area contributed by atoms with Crippen LogP contribution in [-0.2, 0) is 33.0 Å². The van der Waals surface area contributed by atoms with E-state index in [1.54, 1.807) is 52.9 Å². The number of halogens is 5. The predicted molar refractivity (Wildman–Crippen MR) is 147 cm³/mol. The van der Waals surface area contributed by atoms with Crippen molar-refractivity contribution in [2.24, 2.45) is 0 Å². The van der Waals surface area contributed by atoms with Gasteiger partial charge in [-0.25, -0.2) is 4.39 Å². The zero-order valence-electron chi connectivity index (χ0n) is 19.9. The van der Waals surface area contributed by atoms with E-state index in [9.17, 15) is 18.0 Å². The van der Waals surface area contributed by atoms with Gasteiger partial charge in [0.2, 0.25) is 5.91 Å². The lowest BCUT2D eigenvalue weighted by molar-refractivity contribution is -0.137. The fourth-order valence-corrected chi connectivity index (χ4v) is 5.37. The number of thiophene rings is 1. The molecular formula is C29H24F4INOS. The van der Waals surface area contributed by atoms with Crippen LogP contribution in [0.2, 0.25) is 0 Å². The Morgan fingerprint density at radius 1 is 0.811 bits per heavy atom. The molecule has 3 aromatic carbocycles. The van der Waals surface area contributed by atoms with Crippen LogP contribution in [-0.4, -0.2) is 5.91 Å². The molecule has 8 heteroatoms. The fraction of sp³-hybridized carbons (Fsp3) is 0.207. The van der Waals surface area contributed by atoms with Gasteiger partial charge in [0.25, 0.3) is 0 Å². The van der Waals surface area contributed by atoms with Crippen molar-refractivity contribution in [1.29, 1.82) is 0 Å². The van der Waals surface area contributed by atoms with Crippen molar-refractivity contribution in [1.82, 2.24) is 5.32 Å². The molecular weight excluding hydrogens is 613 g/mol. The van der Waals surface area contributed by atoms with E-state index in [0.717, 1.165) is 22.6 Å². The molecule has 4 aromatic rings. The number of rotatable bonds is 8. The molecule has 1 amide bonds. The average molecular weight is 637 g/mol. The molecule has 1 aromatic heterocycles. The number of carbonyl (C=O) groups excluding carboxylic acids is 1. The molecule has 4 rings (SSSR count). The Kier molecular flexibility index (Phi) is 8.08. The molecule has 1 N–H and O–H groups in total. The highest BCUT2D eigenvalue weighted by Gasteiger charge is 2.39. The Bertz CT molecular complexity index is 1290. The number of amides is 1. The van der Waals surface area contributed by atoms with E-state index in [1.807, 2.05) is 47.8 Å². The third-order valence-electron chi connectivity index (χ3n) is 6.12. The number of benzene rings is 3. The van der Waals surface area contributed by atoms with Crippen molar-refractivity contribution in [2.45, 2.75) is 35.2 Å². The Balaban J connectivity index is 1.94. The van der Waals surface area contributed by atoms with Crippen molar-refractivity contribution in [3.63, 3.8) is 0 Å². The number of alkyl halides is 5. The summed E-state index contributed by atoms with van der Waals surface area (Å²) < 4.78 is 54.6. The average Bonchev–Trinajstić information content (AvgIpc) is 3.36. The van der Waals surface area contributed by atoms with Crippen LogP contribution >= 0.6 is 33.9 Å². The first-order valence-electron chi connectivity index (χ1n) is 11.5. The van der Waals surface area contributed by atoms with Gasteiger partial charge in [-0.3, -0.25) is 4.79 Å². The summed E-state index contributed by atoms with van der Waals surface area (Å²) in [5, 5.41) is 4.94. The van der Waals surface area contributed by atoms with E-state index >= 15 is 4.39 Å². The second-order valence-electron chi connectivity index (χ2n) is 8.92. The molecule has 0 bridgehead atoms. The molecule has 0 radical (unpaired) electrons. The lowest BCUT2D eigenvalue weighted by Crippen LogP contribution is -2.49. The summed E-state index contributed by atoms with van der Waals surface area (Å²) >= 11 is 3.10. The van der Waals surface area contributed by atoms with Crippen LogP contribution in [0.15, 0.2) is 96.4 Å². The van der Waals surface area contributed by atoms with Crippen molar-refractivity contribution in [2.75, 3.05) is 0 Å². The standard InChI is InChI=1S/C29H24F4INOS/c1-27(30,34)21-10-5-11-22(16-21)28(19-20-8-3-2-4-9-20,35-26(36)18-25-14-7-15-37-25)23-12-6-13-24(17-23)29(31,32)33/h2-17H,18-19H2,1H3,(H,35,36)/t27-,28?/m0/s1. The van der Waals surface area contributed by atoms with Crippen LogP contribution in [0.25, 0.3) is 0 Å². The Morgan fingerprint density at radius 2 is 1.41 bits per heavy atom. The Labute approximate surface area is 230 Å². The van der Waals surface area contributed by atoms with Crippen molar-refractivity contribution in [3.05, 3.63) is 129 Å². The highest BCUT2D eigenvalue weighted by molar-refractivity contribution is 14.1.